The Kier molecular flexibility index (Phi) is 11.8. The molecular weight excluding hydrogens is 493 g/mol. The number of likely N-dealkylation sites (tertiary alicyclic amines) is 1. The van der Waals surface area contributed by atoms with Gasteiger partial charge in [0.15, 0.2) is 5.96 Å². The molecule has 170 valence electrons. The van der Waals surface area contributed by atoms with Crippen LogP contribution in [0.4, 0.5) is 0 Å². The second-order valence-corrected chi connectivity index (χ2v) is 7.95. The number of ether oxygens (including phenoxy) is 3. The molecule has 2 saturated heterocycles. The van der Waals surface area contributed by atoms with Crippen molar-refractivity contribution in [3.8, 4) is 5.75 Å². The number of benzene rings is 1. The van der Waals surface area contributed by atoms with Crippen molar-refractivity contribution in [1.29, 1.82) is 0 Å². The van der Waals surface area contributed by atoms with E-state index in [2.05, 4.69) is 28.2 Å². The van der Waals surface area contributed by atoms with Gasteiger partial charge in [0.2, 0.25) is 0 Å². The Labute approximate surface area is 198 Å². The molecule has 6 nitrogen and oxygen atoms in total. The van der Waals surface area contributed by atoms with Crippen molar-refractivity contribution in [3.05, 3.63) is 29.8 Å². The quantitative estimate of drug-likeness (QED) is 0.238. The number of hydrogen-bond acceptors (Lipinski definition) is 4. The number of rotatable bonds is 8. The summed E-state index contributed by atoms with van der Waals surface area (Å²) in [6.07, 6.45) is 7.28. The molecule has 1 aromatic rings. The van der Waals surface area contributed by atoms with Gasteiger partial charge < -0.3 is 24.4 Å². The lowest BCUT2D eigenvalue weighted by molar-refractivity contribution is -0.0721. The summed E-state index contributed by atoms with van der Waals surface area (Å²) in [6, 6.07) is 8.14. The lowest BCUT2D eigenvalue weighted by Gasteiger charge is -2.35. The van der Waals surface area contributed by atoms with Crippen LogP contribution < -0.4 is 10.1 Å². The average molecular weight is 531 g/mol. The SMILES string of the molecule is CN=C(NCCCOc1ccccc1C)N1CCC(OCC2CCCCO2)CC1.I. The van der Waals surface area contributed by atoms with E-state index < -0.39 is 0 Å². The van der Waals surface area contributed by atoms with Crippen LogP contribution in [0.5, 0.6) is 5.75 Å². The highest BCUT2D eigenvalue weighted by atomic mass is 127. The van der Waals surface area contributed by atoms with Gasteiger partial charge in [0.1, 0.15) is 5.75 Å². The minimum atomic E-state index is 0. The van der Waals surface area contributed by atoms with Gasteiger partial charge in [0.05, 0.1) is 25.4 Å². The fourth-order valence-electron chi connectivity index (χ4n) is 3.92. The smallest absolute Gasteiger partial charge is 0.193 e. The Morgan fingerprint density at radius 1 is 1.20 bits per heavy atom. The van der Waals surface area contributed by atoms with Gasteiger partial charge in [0.25, 0.3) is 0 Å². The van der Waals surface area contributed by atoms with Crippen LogP contribution in [0.25, 0.3) is 0 Å². The molecule has 2 fully saturated rings. The van der Waals surface area contributed by atoms with Crippen molar-refractivity contribution in [2.75, 3.05) is 46.5 Å². The zero-order valence-corrected chi connectivity index (χ0v) is 20.8. The standard InChI is InChI=1S/C23H37N3O3.HI/c1-19-8-3-4-10-22(19)28-17-7-13-25-23(24-2)26-14-11-20(12-15-26)29-18-21-9-5-6-16-27-21;/h3-4,8,10,20-21H,5-7,9,11-18H2,1-2H3,(H,24,25);1H. The van der Waals surface area contributed by atoms with Gasteiger partial charge in [-0.25, -0.2) is 0 Å². The van der Waals surface area contributed by atoms with E-state index in [9.17, 15) is 0 Å². The van der Waals surface area contributed by atoms with E-state index in [4.69, 9.17) is 14.2 Å². The summed E-state index contributed by atoms with van der Waals surface area (Å²) in [7, 11) is 1.86. The van der Waals surface area contributed by atoms with E-state index in [0.717, 1.165) is 70.2 Å². The minimum absolute atomic E-state index is 0. The molecule has 0 saturated carbocycles. The van der Waals surface area contributed by atoms with Gasteiger partial charge in [-0.2, -0.15) is 0 Å². The van der Waals surface area contributed by atoms with E-state index in [1.54, 1.807) is 0 Å². The van der Waals surface area contributed by atoms with Gasteiger partial charge in [0, 0.05) is 33.3 Å². The normalized spacial score (nSPS) is 20.5. The van der Waals surface area contributed by atoms with Crippen LogP contribution in [0, 0.1) is 6.92 Å². The van der Waals surface area contributed by atoms with E-state index in [1.807, 2.05) is 25.2 Å². The van der Waals surface area contributed by atoms with Gasteiger partial charge >= 0.3 is 0 Å². The zero-order valence-electron chi connectivity index (χ0n) is 18.5. The lowest BCUT2D eigenvalue weighted by atomic mass is 10.1. The lowest BCUT2D eigenvalue weighted by Crippen LogP contribution is -2.47. The molecule has 0 aliphatic carbocycles. The first-order valence-corrected chi connectivity index (χ1v) is 11.1. The molecule has 1 N–H and O–H groups in total. The van der Waals surface area contributed by atoms with E-state index in [1.165, 1.54) is 18.4 Å². The summed E-state index contributed by atoms with van der Waals surface area (Å²) in [4.78, 5) is 6.79. The number of nitrogens with zero attached hydrogens (tertiary/aromatic N) is 2. The maximum absolute atomic E-state index is 6.12. The number of para-hydroxylation sites is 1. The van der Waals surface area contributed by atoms with Crippen molar-refractivity contribution in [1.82, 2.24) is 10.2 Å². The first kappa shape index (κ1) is 25.2. The summed E-state index contributed by atoms with van der Waals surface area (Å²) >= 11 is 0. The molecule has 0 amide bonds. The Morgan fingerprint density at radius 2 is 2.00 bits per heavy atom. The third-order valence-corrected chi connectivity index (χ3v) is 5.70. The number of piperidine rings is 1. The van der Waals surface area contributed by atoms with Gasteiger partial charge in [-0.15, -0.1) is 24.0 Å². The Hall–Kier alpha value is -1.06. The molecule has 0 aromatic heterocycles. The second-order valence-electron chi connectivity index (χ2n) is 7.95. The van der Waals surface area contributed by atoms with E-state index in [-0.39, 0.29) is 24.0 Å². The highest BCUT2D eigenvalue weighted by Crippen LogP contribution is 2.18. The van der Waals surface area contributed by atoms with Crippen LogP contribution in [-0.2, 0) is 9.47 Å². The second kappa shape index (κ2) is 14.1. The third-order valence-electron chi connectivity index (χ3n) is 5.70. The number of hydrogen-bond donors (Lipinski definition) is 1. The molecule has 7 heteroatoms. The van der Waals surface area contributed by atoms with E-state index >= 15 is 0 Å². The summed E-state index contributed by atoms with van der Waals surface area (Å²) in [5.41, 5.74) is 1.18. The highest BCUT2D eigenvalue weighted by Gasteiger charge is 2.23. The molecule has 0 bridgehead atoms. The van der Waals surface area contributed by atoms with Crippen LogP contribution in [-0.4, -0.2) is 69.6 Å². The van der Waals surface area contributed by atoms with Crippen LogP contribution in [0.3, 0.4) is 0 Å². The zero-order chi connectivity index (χ0) is 20.3. The molecular formula is C23H38IN3O3. The molecule has 1 atom stereocenters. The van der Waals surface area contributed by atoms with Crippen LogP contribution in [0.1, 0.15) is 44.1 Å². The summed E-state index contributed by atoms with van der Waals surface area (Å²) in [5.74, 6) is 1.95. The average Bonchev–Trinajstić information content (AvgIpc) is 2.77. The van der Waals surface area contributed by atoms with Gasteiger partial charge in [-0.1, -0.05) is 18.2 Å². The Bertz CT molecular complexity index is 630. The summed E-state index contributed by atoms with van der Waals surface area (Å²) < 4.78 is 17.8. The fourth-order valence-corrected chi connectivity index (χ4v) is 3.92. The molecule has 2 aliphatic heterocycles. The maximum atomic E-state index is 6.12. The summed E-state index contributed by atoms with van der Waals surface area (Å²) in [5, 5.41) is 3.47. The first-order chi connectivity index (χ1) is 14.3. The monoisotopic (exact) mass is 531 g/mol. The van der Waals surface area contributed by atoms with E-state index in [0.29, 0.717) is 18.8 Å². The third kappa shape index (κ3) is 8.23. The largest absolute Gasteiger partial charge is 0.493 e. The number of nitrogens with one attached hydrogen (secondary N) is 1. The Balaban J connectivity index is 0.00000320. The van der Waals surface area contributed by atoms with Crippen molar-refractivity contribution in [3.63, 3.8) is 0 Å². The molecule has 0 spiro atoms. The molecule has 1 aromatic carbocycles. The van der Waals surface area contributed by atoms with Crippen molar-refractivity contribution < 1.29 is 14.2 Å². The number of aryl methyl sites for hydroxylation is 1. The number of aliphatic imine (C=N–C) groups is 1. The predicted octanol–water partition coefficient (Wildman–Crippen LogP) is 4.01. The molecule has 2 aliphatic rings. The number of guanidine groups is 1. The van der Waals surface area contributed by atoms with Crippen molar-refractivity contribution in [2.45, 2.75) is 57.7 Å². The molecule has 2 heterocycles. The maximum Gasteiger partial charge on any atom is 0.193 e. The molecule has 1 unspecified atom stereocenters. The predicted molar refractivity (Wildman–Crippen MR) is 132 cm³/mol. The molecule has 3 rings (SSSR count). The van der Waals surface area contributed by atoms with Crippen LogP contribution >= 0.6 is 24.0 Å². The topological polar surface area (TPSA) is 55.3 Å². The molecule has 0 radical (unpaired) electrons. The molecule has 30 heavy (non-hydrogen) atoms. The minimum Gasteiger partial charge on any atom is -0.493 e. The van der Waals surface area contributed by atoms with Crippen molar-refractivity contribution in [2.24, 2.45) is 4.99 Å². The number of halogens is 1. The Morgan fingerprint density at radius 3 is 2.70 bits per heavy atom. The summed E-state index contributed by atoms with van der Waals surface area (Å²) in [6.45, 7) is 7.24. The fraction of sp³-hybridized carbons (Fsp3) is 0.696. The van der Waals surface area contributed by atoms with Gasteiger partial charge in [-0.05, 0) is 57.1 Å². The highest BCUT2D eigenvalue weighted by molar-refractivity contribution is 14.0. The first-order valence-electron chi connectivity index (χ1n) is 11.1. The van der Waals surface area contributed by atoms with Crippen molar-refractivity contribution >= 4 is 29.9 Å². The van der Waals surface area contributed by atoms with Crippen LogP contribution in [0.15, 0.2) is 29.3 Å². The van der Waals surface area contributed by atoms with Gasteiger partial charge in [-0.3, -0.25) is 4.99 Å². The van der Waals surface area contributed by atoms with Crippen LogP contribution in [0.2, 0.25) is 0 Å².